The van der Waals surface area contributed by atoms with E-state index in [0.29, 0.717) is 5.82 Å². The van der Waals surface area contributed by atoms with E-state index >= 15 is 0 Å². The molecule has 3 heterocycles. The molecule has 1 N–H and O–H groups in total. The van der Waals surface area contributed by atoms with E-state index < -0.39 is 0 Å². The van der Waals surface area contributed by atoms with E-state index in [1.54, 1.807) is 11.3 Å². The molecule has 0 bridgehead atoms. The van der Waals surface area contributed by atoms with Gasteiger partial charge < -0.3 is 0 Å². The summed E-state index contributed by atoms with van der Waals surface area (Å²) in [6, 6.07) is 3.99. The van der Waals surface area contributed by atoms with Crippen LogP contribution in [0.1, 0.15) is 19.5 Å². The van der Waals surface area contributed by atoms with Gasteiger partial charge in [0.1, 0.15) is 15.0 Å². The molecule has 3 rings (SSSR count). The minimum atomic E-state index is 0.617. The Kier molecular flexibility index (Phi) is 2.83. The highest BCUT2D eigenvalue weighted by Gasteiger charge is 2.12. The van der Waals surface area contributed by atoms with Gasteiger partial charge in [-0.15, -0.1) is 21.5 Å². The molecule has 0 aromatic carbocycles. The van der Waals surface area contributed by atoms with E-state index in [-0.39, 0.29) is 0 Å². The summed E-state index contributed by atoms with van der Waals surface area (Å²) >= 11 is 1.55. The monoisotopic (exact) mass is 272 g/mol. The topological polar surface area (TPSA) is 76.0 Å². The number of anilines is 1. The third kappa shape index (κ3) is 2.12. The third-order valence-corrected chi connectivity index (χ3v) is 3.65. The number of aryl methyl sites for hydroxylation is 1. The summed E-state index contributed by atoms with van der Waals surface area (Å²) in [5.41, 5.74) is 5.64. The molecule has 0 radical (unpaired) electrons. The van der Waals surface area contributed by atoms with Gasteiger partial charge in [-0.3, -0.25) is 5.43 Å². The lowest BCUT2D eigenvalue weighted by molar-refractivity contribution is 0.899. The second-order valence-corrected chi connectivity index (χ2v) is 5.39. The third-order valence-electron chi connectivity index (χ3n) is 2.56. The fourth-order valence-corrected chi connectivity index (χ4v) is 2.80. The number of thiophene rings is 1. The Hall–Kier alpha value is -2.15. The molecule has 96 valence electrons. The zero-order valence-electron chi connectivity index (χ0n) is 10.8. The SMILES string of the molecule is CC(C)=NNc1nnnc2c1sc1nc(C)ccc12. The van der Waals surface area contributed by atoms with Gasteiger partial charge in [-0.1, -0.05) is 0 Å². The Bertz CT molecular complexity index is 787. The molecular formula is C12H12N6S. The number of aromatic nitrogens is 4. The predicted octanol–water partition coefficient (Wildman–Crippen LogP) is 2.75. The summed E-state index contributed by atoms with van der Waals surface area (Å²) in [6.07, 6.45) is 0. The van der Waals surface area contributed by atoms with E-state index in [4.69, 9.17) is 0 Å². The standard InChI is InChI=1S/C12H12N6S/c1-6(2)14-16-11-10-9(15-18-17-11)8-5-4-7(3)13-12(8)19-10/h4-5H,1-3H3,(H,15,16,17). The Morgan fingerprint density at radius 2 is 2.11 bits per heavy atom. The van der Waals surface area contributed by atoms with Crippen molar-refractivity contribution in [3.8, 4) is 0 Å². The number of rotatable bonds is 2. The van der Waals surface area contributed by atoms with Crippen molar-refractivity contribution in [3.63, 3.8) is 0 Å². The van der Waals surface area contributed by atoms with Crippen LogP contribution in [0, 0.1) is 6.92 Å². The number of nitrogens with zero attached hydrogens (tertiary/aromatic N) is 5. The van der Waals surface area contributed by atoms with Crippen molar-refractivity contribution in [2.45, 2.75) is 20.8 Å². The van der Waals surface area contributed by atoms with Crippen LogP contribution in [0.3, 0.4) is 0 Å². The van der Waals surface area contributed by atoms with Crippen LogP contribution in [0.4, 0.5) is 5.82 Å². The molecule has 0 unspecified atom stereocenters. The number of hydrogen-bond acceptors (Lipinski definition) is 7. The first-order valence-electron chi connectivity index (χ1n) is 5.81. The first-order valence-corrected chi connectivity index (χ1v) is 6.63. The Balaban J connectivity index is 2.25. The summed E-state index contributed by atoms with van der Waals surface area (Å²) in [6.45, 7) is 5.79. The highest BCUT2D eigenvalue weighted by Crippen LogP contribution is 2.34. The lowest BCUT2D eigenvalue weighted by atomic mass is 10.3. The molecule has 0 spiro atoms. The number of hydrogen-bond donors (Lipinski definition) is 1. The summed E-state index contributed by atoms with van der Waals surface area (Å²) in [5.74, 6) is 0.617. The van der Waals surface area contributed by atoms with Gasteiger partial charge in [0.05, 0.1) is 0 Å². The summed E-state index contributed by atoms with van der Waals surface area (Å²) in [7, 11) is 0. The minimum Gasteiger partial charge on any atom is -0.259 e. The van der Waals surface area contributed by atoms with E-state index in [9.17, 15) is 0 Å². The van der Waals surface area contributed by atoms with Crippen LogP contribution >= 0.6 is 11.3 Å². The van der Waals surface area contributed by atoms with Crippen molar-refractivity contribution < 1.29 is 0 Å². The van der Waals surface area contributed by atoms with Crippen molar-refractivity contribution in [1.82, 2.24) is 20.4 Å². The van der Waals surface area contributed by atoms with Crippen LogP contribution in [-0.2, 0) is 0 Å². The first-order chi connectivity index (χ1) is 9.15. The Labute approximate surface area is 113 Å². The summed E-state index contributed by atoms with van der Waals surface area (Å²) in [4.78, 5) is 5.45. The van der Waals surface area contributed by atoms with Crippen LogP contribution < -0.4 is 5.43 Å². The molecule has 0 aliphatic carbocycles. The highest BCUT2D eigenvalue weighted by atomic mass is 32.1. The number of nitrogens with one attached hydrogen (secondary N) is 1. The fourth-order valence-electron chi connectivity index (χ4n) is 1.71. The van der Waals surface area contributed by atoms with E-state index in [1.807, 2.05) is 32.9 Å². The Morgan fingerprint density at radius 1 is 1.26 bits per heavy atom. The van der Waals surface area contributed by atoms with Crippen LogP contribution in [0.25, 0.3) is 20.4 Å². The Morgan fingerprint density at radius 3 is 2.89 bits per heavy atom. The van der Waals surface area contributed by atoms with Gasteiger partial charge in [0.25, 0.3) is 0 Å². The molecule has 0 saturated heterocycles. The normalized spacial score (nSPS) is 10.9. The van der Waals surface area contributed by atoms with Crippen molar-refractivity contribution in [1.29, 1.82) is 0 Å². The molecule has 0 atom stereocenters. The lowest BCUT2D eigenvalue weighted by Gasteiger charge is -1.98. The molecular weight excluding hydrogens is 260 g/mol. The minimum absolute atomic E-state index is 0.617. The van der Waals surface area contributed by atoms with E-state index in [2.05, 4.69) is 30.9 Å². The average Bonchev–Trinajstić information content (AvgIpc) is 2.74. The molecule has 0 saturated carbocycles. The molecule has 7 heteroatoms. The zero-order valence-corrected chi connectivity index (χ0v) is 11.6. The predicted molar refractivity (Wildman–Crippen MR) is 77.7 cm³/mol. The maximum absolute atomic E-state index is 4.51. The van der Waals surface area contributed by atoms with Gasteiger partial charge in [-0.05, 0) is 38.1 Å². The fraction of sp³-hybridized carbons (Fsp3) is 0.250. The van der Waals surface area contributed by atoms with Crippen molar-refractivity contribution in [2.24, 2.45) is 5.10 Å². The van der Waals surface area contributed by atoms with Crippen LogP contribution in [0.5, 0.6) is 0 Å². The second kappa shape index (κ2) is 4.51. The van der Waals surface area contributed by atoms with Crippen molar-refractivity contribution >= 4 is 43.3 Å². The molecule has 0 fully saturated rings. The first kappa shape index (κ1) is 11.9. The zero-order chi connectivity index (χ0) is 13.4. The maximum Gasteiger partial charge on any atom is 0.190 e. The maximum atomic E-state index is 4.51. The number of fused-ring (bicyclic) bond motifs is 3. The molecule has 0 amide bonds. The van der Waals surface area contributed by atoms with Gasteiger partial charge in [0, 0.05) is 16.8 Å². The van der Waals surface area contributed by atoms with E-state index in [1.165, 1.54) is 0 Å². The van der Waals surface area contributed by atoms with Gasteiger partial charge in [0.2, 0.25) is 0 Å². The molecule has 3 aromatic heterocycles. The van der Waals surface area contributed by atoms with Gasteiger partial charge >= 0.3 is 0 Å². The smallest absolute Gasteiger partial charge is 0.190 e. The van der Waals surface area contributed by atoms with Gasteiger partial charge in [-0.2, -0.15) is 5.10 Å². The van der Waals surface area contributed by atoms with Crippen molar-refractivity contribution in [3.05, 3.63) is 17.8 Å². The van der Waals surface area contributed by atoms with Crippen LogP contribution in [0.15, 0.2) is 17.2 Å². The largest absolute Gasteiger partial charge is 0.259 e. The molecule has 6 nitrogen and oxygen atoms in total. The van der Waals surface area contributed by atoms with Crippen LogP contribution in [0.2, 0.25) is 0 Å². The molecule has 19 heavy (non-hydrogen) atoms. The van der Waals surface area contributed by atoms with Crippen LogP contribution in [-0.4, -0.2) is 26.1 Å². The molecule has 3 aromatic rings. The average molecular weight is 272 g/mol. The molecule has 0 aliphatic heterocycles. The summed E-state index contributed by atoms with van der Waals surface area (Å²) < 4.78 is 0.924. The van der Waals surface area contributed by atoms with Gasteiger partial charge in [0.15, 0.2) is 5.82 Å². The van der Waals surface area contributed by atoms with Gasteiger partial charge in [-0.25, -0.2) is 4.98 Å². The molecule has 0 aliphatic rings. The summed E-state index contributed by atoms with van der Waals surface area (Å²) in [5, 5.41) is 17.0. The highest BCUT2D eigenvalue weighted by molar-refractivity contribution is 7.25. The number of pyridine rings is 1. The van der Waals surface area contributed by atoms with E-state index in [0.717, 1.165) is 31.8 Å². The lowest BCUT2D eigenvalue weighted by Crippen LogP contribution is -1.98. The second-order valence-electron chi connectivity index (χ2n) is 4.39. The quantitative estimate of drug-likeness (QED) is 0.573. The number of hydrazone groups is 1. The van der Waals surface area contributed by atoms with Crippen molar-refractivity contribution in [2.75, 3.05) is 5.43 Å².